The number of ketones is 1. The standard InChI is InChI=1S/C20H22N2O6/c1-12-4-2-3-5-14(12)22-19(25)18(24)21(20(22)26)11-15(23)13-6-7-16-17(10-13)28-9-8-27-16/h6-7,10,12,14H,2-5,8-9,11H2,1H3/t12-,14+/m1/s1. The van der Waals surface area contributed by atoms with Crippen molar-refractivity contribution >= 4 is 23.6 Å². The molecule has 28 heavy (non-hydrogen) atoms. The second-order valence-electron chi connectivity index (χ2n) is 7.46. The number of carbonyl (C=O) groups is 4. The lowest BCUT2D eigenvalue weighted by atomic mass is 9.85. The Bertz CT molecular complexity index is 851. The van der Waals surface area contributed by atoms with Gasteiger partial charge in [0.25, 0.3) is 0 Å². The second kappa shape index (κ2) is 7.26. The molecule has 8 heteroatoms. The zero-order valence-corrected chi connectivity index (χ0v) is 15.7. The molecular formula is C20H22N2O6. The number of hydrogen-bond acceptors (Lipinski definition) is 6. The minimum Gasteiger partial charge on any atom is -0.486 e. The van der Waals surface area contributed by atoms with Crippen LogP contribution in [0.1, 0.15) is 43.0 Å². The Labute approximate surface area is 162 Å². The van der Waals surface area contributed by atoms with Crippen LogP contribution in [-0.2, 0) is 9.59 Å². The molecule has 3 aliphatic rings. The number of carbonyl (C=O) groups excluding carboxylic acids is 4. The van der Waals surface area contributed by atoms with Gasteiger partial charge in [-0.2, -0.15) is 0 Å². The normalized spacial score (nSPS) is 24.7. The van der Waals surface area contributed by atoms with Crippen LogP contribution >= 0.6 is 0 Å². The van der Waals surface area contributed by atoms with Gasteiger partial charge in [0, 0.05) is 11.6 Å². The van der Waals surface area contributed by atoms with Gasteiger partial charge in [-0.3, -0.25) is 19.3 Å². The van der Waals surface area contributed by atoms with Crippen LogP contribution in [0.15, 0.2) is 18.2 Å². The number of Topliss-reactive ketones (excluding diaryl/α,β-unsaturated/α-hetero) is 1. The number of fused-ring (bicyclic) bond motifs is 1. The molecule has 148 valence electrons. The molecule has 0 unspecified atom stereocenters. The van der Waals surface area contributed by atoms with E-state index in [2.05, 4.69) is 0 Å². The lowest BCUT2D eigenvalue weighted by Crippen LogP contribution is -2.46. The van der Waals surface area contributed by atoms with E-state index in [-0.39, 0.29) is 12.0 Å². The molecule has 2 fully saturated rings. The van der Waals surface area contributed by atoms with Crippen LogP contribution in [0.5, 0.6) is 11.5 Å². The topological polar surface area (TPSA) is 93.2 Å². The van der Waals surface area contributed by atoms with Gasteiger partial charge in [0.2, 0.25) is 0 Å². The van der Waals surface area contributed by atoms with Crippen molar-refractivity contribution in [2.45, 2.75) is 38.6 Å². The Hall–Kier alpha value is -2.90. The Balaban J connectivity index is 1.51. The van der Waals surface area contributed by atoms with Crippen molar-refractivity contribution in [2.24, 2.45) is 5.92 Å². The molecule has 1 aromatic rings. The zero-order chi connectivity index (χ0) is 19.8. The first-order chi connectivity index (χ1) is 13.5. The highest BCUT2D eigenvalue weighted by molar-refractivity contribution is 6.45. The smallest absolute Gasteiger partial charge is 0.334 e. The van der Waals surface area contributed by atoms with Crippen LogP contribution in [-0.4, -0.2) is 59.2 Å². The fraction of sp³-hybridized carbons (Fsp3) is 0.500. The molecule has 2 atom stereocenters. The summed E-state index contributed by atoms with van der Waals surface area (Å²) in [5.74, 6) is -1.08. The molecule has 2 heterocycles. The third-order valence-electron chi connectivity index (χ3n) is 5.65. The van der Waals surface area contributed by atoms with Crippen molar-refractivity contribution in [1.82, 2.24) is 9.80 Å². The van der Waals surface area contributed by atoms with Gasteiger partial charge in [-0.1, -0.05) is 19.8 Å². The maximum Gasteiger partial charge on any atom is 0.334 e. The van der Waals surface area contributed by atoms with E-state index in [1.807, 2.05) is 6.92 Å². The molecule has 1 saturated heterocycles. The van der Waals surface area contributed by atoms with Gasteiger partial charge in [0.05, 0.1) is 6.54 Å². The van der Waals surface area contributed by atoms with Crippen molar-refractivity contribution in [2.75, 3.05) is 19.8 Å². The van der Waals surface area contributed by atoms with Crippen LogP contribution in [0.2, 0.25) is 0 Å². The highest BCUT2D eigenvalue weighted by Crippen LogP contribution is 2.32. The SMILES string of the molecule is C[C@@H]1CCCC[C@@H]1N1C(=O)C(=O)N(CC(=O)c2ccc3c(c2)OCCO3)C1=O. The summed E-state index contributed by atoms with van der Waals surface area (Å²) in [5, 5.41) is 0. The summed E-state index contributed by atoms with van der Waals surface area (Å²) in [6.45, 7) is 2.34. The van der Waals surface area contributed by atoms with E-state index in [0.717, 1.165) is 29.1 Å². The van der Waals surface area contributed by atoms with Crippen molar-refractivity contribution in [3.8, 4) is 11.5 Å². The summed E-state index contributed by atoms with van der Waals surface area (Å²) in [7, 11) is 0. The monoisotopic (exact) mass is 386 g/mol. The summed E-state index contributed by atoms with van der Waals surface area (Å²) >= 11 is 0. The van der Waals surface area contributed by atoms with Crippen LogP contribution < -0.4 is 9.47 Å². The van der Waals surface area contributed by atoms with E-state index >= 15 is 0 Å². The molecule has 1 saturated carbocycles. The number of benzene rings is 1. The number of urea groups is 1. The van der Waals surface area contributed by atoms with Crippen LogP contribution in [0.4, 0.5) is 4.79 Å². The number of hydrogen-bond donors (Lipinski definition) is 0. The first-order valence-electron chi connectivity index (χ1n) is 9.59. The molecule has 4 rings (SSSR count). The molecule has 0 bridgehead atoms. The van der Waals surface area contributed by atoms with Gasteiger partial charge >= 0.3 is 17.8 Å². The molecule has 0 N–H and O–H groups in total. The molecule has 1 aromatic carbocycles. The lowest BCUT2D eigenvalue weighted by Gasteiger charge is -2.34. The van der Waals surface area contributed by atoms with Gasteiger partial charge < -0.3 is 9.47 Å². The Kier molecular flexibility index (Phi) is 4.78. The lowest BCUT2D eigenvalue weighted by molar-refractivity contribution is -0.144. The van der Waals surface area contributed by atoms with Gasteiger partial charge in [0.15, 0.2) is 17.3 Å². The molecule has 2 aliphatic heterocycles. The number of rotatable bonds is 4. The van der Waals surface area contributed by atoms with Crippen LogP contribution in [0.3, 0.4) is 0 Å². The quantitative estimate of drug-likeness (QED) is 0.446. The molecule has 0 aromatic heterocycles. The summed E-state index contributed by atoms with van der Waals surface area (Å²) < 4.78 is 10.9. The molecule has 4 amide bonds. The molecule has 0 radical (unpaired) electrons. The fourth-order valence-electron chi connectivity index (χ4n) is 4.09. The number of amides is 4. The average Bonchev–Trinajstić information content (AvgIpc) is 2.91. The summed E-state index contributed by atoms with van der Waals surface area (Å²) in [4.78, 5) is 52.1. The van der Waals surface area contributed by atoms with Gasteiger partial charge in [-0.05, 0) is 37.0 Å². The molecule has 0 spiro atoms. The average molecular weight is 386 g/mol. The Morgan fingerprint density at radius 2 is 1.75 bits per heavy atom. The second-order valence-corrected chi connectivity index (χ2v) is 7.46. The van der Waals surface area contributed by atoms with E-state index in [4.69, 9.17) is 9.47 Å². The van der Waals surface area contributed by atoms with Gasteiger partial charge in [-0.25, -0.2) is 9.69 Å². The highest BCUT2D eigenvalue weighted by atomic mass is 16.6. The van der Waals surface area contributed by atoms with E-state index in [1.54, 1.807) is 12.1 Å². The highest BCUT2D eigenvalue weighted by Gasteiger charge is 2.49. The first-order valence-corrected chi connectivity index (χ1v) is 9.59. The summed E-state index contributed by atoms with van der Waals surface area (Å²) in [6.07, 6.45) is 3.56. The van der Waals surface area contributed by atoms with E-state index < -0.39 is 30.2 Å². The zero-order valence-electron chi connectivity index (χ0n) is 15.7. The van der Waals surface area contributed by atoms with Crippen LogP contribution in [0, 0.1) is 5.92 Å². The minimum atomic E-state index is -0.936. The van der Waals surface area contributed by atoms with Gasteiger partial charge in [0.1, 0.15) is 13.2 Å². The maximum atomic E-state index is 12.8. The van der Waals surface area contributed by atoms with E-state index in [9.17, 15) is 19.2 Å². The van der Waals surface area contributed by atoms with Gasteiger partial charge in [-0.15, -0.1) is 0 Å². The fourth-order valence-corrected chi connectivity index (χ4v) is 4.09. The molecular weight excluding hydrogens is 364 g/mol. The first kappa shape index (κ1) is 18.5. The maximum absolute atomic E-state index is 12.8. The number of ether oxygens (including phenoxy) is 2. The number of nitrogens with zero attached hydrogens (tertiary/aromatic N) is 2. The molecule has 1 aliphatic carbocycles. The summed E-state index contributed by atoms with van der Waals surface area (Å²) in [6, 6.07) is 3.73. The molecule has 8 nitrogen and oxygen atoms in total. The Morgan fingerprint density at radius 3 is 2.50 bits per heavy atom. The van der Waals surface area contributed by atoms with E-state index in [0.29, 0.717) is 36.7 Å². The van der Waals surface area contributed by atoms with Crippen molar-refractivity contribution in [1.29, 1.82) is 0 Å². The minimum absolute atomic E-state index is 0.142. The van der Waals surface area contributed by atoms with E-state index in [1.165, 1.54) is 6.07 Å². The van der Waals surface area contributed by atoms with Crippen molar-refractivity contribution in [3.63, 3.8) is 0 Å². The largest absolute Gasteiger partial charge is 0.486 e. The van der Waals surface area contributed by atoms with Crippen LogP contribution in [0.25, 0.3) is 0 Å². The predicted octanol–water partition coefficient (Wildman–Crippen LogP) is 2.01. The van der Waals surface area contributed by atoms with Crippen molar-refractivity contribution in [3.05, 3.63) is 23.8 Å². The van der Waals surface area contributed by atoms with Crippen molar-refractivity contribution < 1.29 is 28.7 Å². The third kappa shape index (κ3) is 3.12. The third-order valence-corrected chi connectivity index (χ3v) is 5.65. The summed E-state index contributed by atoms with van der Waals surface area (Å²) in [5.41, 5.74) is 0.293. The number of imide groups is 2. The Morgan fingerprint density at radius 1 is 1.04 bits per heavy atom. The predicted molar refractivity (Wildman–Crippen MR) is 97.1 cm³/mol.